The monoisotopic (exact) mass is 240 g/mol. The summed E-state index contributed by atoms with van der Waals surface area (Å²) in [5.41, 5.74) is 0.299. The summed E-state index contributed by atoms with van der Waals surface area (Å²) < 4.78 is 0. The van der Waals surface area contributed by atoms with Gasteiger partial charge in [0.05, 0.1) is 0 Å². The van der Waals surface area contributed by atoms with Crippen LogP contribution in [-0.2, 0) is 4.79 Å². The second kappa shape index (κ2) is 23.3. The summed E-state index contributed by atoms with van der Waals surface area (Å²) in [7, 11) is 7.50. The zero-order valence-corrected chi connectivity index (χ0v) is 11.2. The third kappa shape index (κ3) is 42.5. The van der Waals surface area contributed by atoms with Gasteiger partial charge in [0.2, 0.25) is 0 Å². The van der Waals surface area contributed by atoms with Gasteiger partial charge in [0.15, 0.2) is 0 Å². The molecule has 0 fully saturated rings. The van der Waals surface area contributed by atoms with E-state index in [4.69, 9.17) is 5.11 Å². The molecule has 0 radical (unpaired) electrons. The van der Waals surface area contributed by atoms with Gasteiger partial charge >= 0.3 is 5.97 Å². The smallest absolute Gasteiger partial charge is 0.330 e. The number of carbonyl (C=O) groups is 1. The highest BCUT2D eigenvalue weighted by atomic mass is 35.5. The van der Waals surface area contributed by atoms with E-state index in [9.17, 15) is 4.79 Å². The molecule has 0 aromatic carbocycles. The quantitative estimate of drug-likeness (QED) is 0.655. The normalized spacial score (nSPS) is 7.00. The van der Waals surface area contributed by atoms with Crippen molar-refractivity contribution >= 4 is 18.4 Å². The minimum Gasteiger partial charge on any atom is -0.478 e. The molecule has 0 unspecified atom stereocenters. The summed E-state index contributed by atoms with van der Waals surface area (Å²) >= 11 is 0. The fourth-order valence-corrected chi connectivity index (χ4v) is 0.409. The first kappa shape index (κ1) is 23.9. The van der Waals surface area contributed by atoms with Crippen LogP contribution in [0.2, 0.25) is 0 Å². The fourth-order valence-electron chi connectivity index (χ4n) is 0.409. The van der Waals surface area contributed by atoms with Gasteiger partial charge in [-0.25, -0.2) is 4.79 Å². The van der Waals surface area contributed by atoms with Gasteiger partial charge in [0.25, 0.3) is 0 Å². The lowest BCUT2D eigenvalue weighted by Crippen LogP contribution is -1.97. The molecule has 15 heavy (non-hydrogen) atoms. The molecule has 0 aromatic rings. The van der Waals surface area contributed by atoms with Gasteiger partial charge < -0.3 is 15.7 Å². The average molecular weight is 241 g/mol. The predicted molar refractivity (Wildman–Crippen MR) is 68.9 cm³/mol. The third-order valence-electron chi connectivity index (χ3n) is 0.854. The van der Waals surface area contributed by atoms with Crippen LogP contribution in [0, 0.1) is 0 Å². The van der Waals surface area contributed by atoms with E-state index in [1.807, 2.05) is 35.1 Å². The van der Waals surface area contributed by atoms with E-state index >= 15 is 0 Å². The third-order valence-corrected chi connectivity index (χ3v) is 0.854. The van der Waals surface area contributed by atoms with E-state index in [-0.39, 0.29) is 12.4 Å². The Morgan fingerprint density at radius 2 is 1.47 bits per heavy atom. The van der Waals surface area contributed by atoms with E-state index < -0.39 is 5.97 Å². The molecule has 0 bridgehead atoms. The number of carboxylic acids is 1. The molecule has 0 aliphatic carbocycles. The van der Waals surface area contributed by atoms with Gasteiger partial charge in [0, 0.05) is 5.57 Å². The van der Waals surface area contributed by atoms with E-state index in [1.165, 1.54) is 0 Å². The number of rotatable bonds is 3. The molecular formula is C10H25ClN2O2. The second-order valence-corrected chi connectivity index (χ2v) is 2.66. The number of hydrogen-bond acceptors (Lipinski definition) is 3. The van der Waals surface area contributed by atoms with Crippen LogP contribution in [0.3, 0.4) is 0 Å². The van der Waals surface area contributed by atoms with Crippen molar-refractivity contribution < 1.29 is 9.90 Å². The Kier molecular flexibility index (Phi) is 37.2. The van der Waals surface area contributed by atoms with Crippen LogP contribution in [0.15, 0.2) is 12.2 Å². The lowest BCUT2D eigenvalue weighted by Gasteiger charge is -1.92. The standard InChI is InChI=1S/C6H10O2.2C2H7N.ClH/c1-3-4-5(2)6(7)8;2*1-3-2;/h2-4H2,1H3,(H,7,8);2*3H,1-2H3;1H. The van der Waals surface area contributed by atoms with E-state index in [0.29, 0.717) is 12.0 Å². The van der Waals surface area contributed by atoms with Crippen molar-refractivity contribution in [3.05, 3.63) is 12.2 Å². The van der Waals surface area contributed by atoms with Crippen LogP contribution in [0.4, 0.5) is 0 Å². The van der Waals surface area contributed by atoms with Crippen LogP contribution >= 0.6 is 12.4 Å². The Hall–Kier alpha value is -0.580. The highest BCUT2D eigenvalue weighted by Gasteiger charge is 1.99. The van der Waals surface area contributed by atoms with Crippen molar-refractivity contribution in [2.24, 2.45) is 0 Å². The van der Waals surface area contributed by atoms with Gasteiger partial charge in [-0.05, 0) is 34.6 Å². The van der Waals surface area contributed by atoms with Crippen LogP contribution in [0.5, 0.6) is 0 Å². The van der Waals surface area contributed by atoms with Gasteiger partial charge in [-0.2, -0.15) is 0 Å². The molecule has 0 spiro atoms. The number of aliphatic carboxylic acids is 1. The van der Waals surface area contributed by atoms with Gasteiger partial charge in [-0.3, -0.25) is 0 Å². The van der Waals surface area contributed by atoms with Crippen LogP contribution < -0.4 is 10.6 Å². The van der Waals surface area contributed by atoms with Crippen LogP contribution in [0.1, 0.15) is 19.8 Å². The number of nitrogens with one attached hydrogen (secondary N) is 2. The highest BCUT2D eigenvalue weighted by Crippen LogP contribution is 1.99. The van der Waals surface area contributed by atoms with Crippen molar-refractivity contribution in [3.8, 4) is 0 Å². The maximum Gasteiger partial charge on any atom is 0.330 e. The Bertz CT molecular complexity index is 139. The second-order valence-electron chi connectivity index (χ2n) is 2.66. The Balaban J connectivity index is -0.0000000733. The summed E-state index contributed by atoms with van der Waals surface area (Å²) in [4.78, 5) is 9.99. The van der Waals surface area contributed by atoms with Gasteiger partial charge in [-0.1, -0.05) is 19.9 Å². The van der Waals surface area contributed by atoms with E-state index in [0.717, 1.165) is 6.42 Å². The summed E-state index contributed by atoms with van der Waals surface area (Å²) in [6, 6.07) is 0. The van der Waals surface area contributed by atoms with Gasteiger partial charge in [-0.15, -0.1) is 12.4 Å². The largest absolute Gasteiger partial charge is 0.478 e. The first-order chi connectivity index (χ1) is 6.51. The minimum atomic E-state index is -0.883. The number of carboxylic acid groups (broad SMARTS) is 1. The van der Waals surface area contributed by atoms with Crippen molar-refractivity contribution in [2.45, 2.75) is 19.8 Å². The highest BCUT2D eigenvalue weighted by molar-refractivity contribution is 5.85. The molecule has 0 heterocycles. The summed E-state index contributed by atoms with van der Waals surface area (Å²) in [6.45, 7) is 5.27. The first-order valence-corrected chi connectivity index (χ1v) is 4.59. The number of halogens is 1. The van der Waals surface area contributed by atoms with E-state index in [1.54, 1.807) is 0 Å². The SMILES string of the molecule is C=C(CCC)C(=O)O.CNC.CNC.Cl. The first-order valence-electron chi connectivity index (χ1n) is 4.59. The Morgan fingerprint density at radius 1 is 1.20 bits per heavy atom. The number of hydrogen-bond donors (Lipinski definition) is 3. The Morgan fingerprint density at radius 3 is 1.53 bits per heavy atom. The van der Waals surface area contributed by atoms with Gasteiger partial charge in [0.1, 0.15) is 0 Å². The molecule has 3 N–H and O–H groups in total. The Labute approximate surface area is 99.6 Å². The summed E-state index contributed by atoms with van der Waals surface area (Å²) in [6.07, 6.45) is 1.44. The molecular weight excluding hydrogens is 216 g/mol. The molecule has 94 valence electrons. The minimum absolute atomic E-state index is 0. The molecule has 0 aliphatic heterocycles. The summed E-state index contributed by atoms with van der Waals surface area (Å²) in [5, 5.41) is 13.7. The van der Waals surface area contributed by atoms with E-state index in [2.05, 4.69) is 17.2 Å². The maximum atomic E-state index is 9.99. The maximum absolute atomic E-state index is 9.99. The molecule has 0 amide bonds. The average Bonchev–Trinajstić information content (AvgIpc) is 2.07. The molecule has 4 nitrogen and oxygen atoms in total. The zero-order chi connectivity index (χ0) is 12.0. The van der Waals surface area contributed by atoms with Crippen molar-refractivity contribution in [1.82, 2.24) is 10.6 Å². The van der Waals surface area contributed by atoms with Crippen molar-refractivity contribution in [1.29, 1.82) is 0 Å². The zero-order valence-electron chi connectivity index (χ0n) is 10.4. The molecule has 5 heteroatoms. The van der Waals surface area contributed by atoms with Crippen LogP contribution in [0.25, 0.3) is 0 Å². The fraction of sp³-hybridized carbons (Fsp3) is 0.700. The lowest BCUT2D eigenvalue weighted by atomic mass is 10.2. The molecule has 0 atom stereocenters. The van der Waals surface area contributed by atoms with Crippen LogP contribution in [-0.4, -0.2) is 39.3 Å². The molecule has 0 saturated carbocycles. The predicted octanol–water partition coefficient (Wildman–Crippen LogP) is 1.52. The topological polar surface area (TPSA) is 61.4 Å². The molecule has 0 saturated heterocycles. The molecule has 0 rings (SSSR count). The molecule has 0 aliphatic rings. The lowest BCUT2D eigenvalue weighted by molar-refractivity contribution is -0.132. The van der Waals surface area contributed by atoms with Crippen molar-refractivity contribution in [2.75, 3.05) is 28.2 Å². The summed E-state index contributed by atoms with van der Waals surface area (Å²) in [5.74, 6) is -0.883. The molecule has 0 aromatic heterocycles. The van der Waals surface area contributed by atoms with Crippen molar-refractivity contribution in [3.63, 3.8) is 0 Å².